The summed E-state index contributed by atoms with van der Waals surface area (Å²) in [6, 6.07) is 6.98. The zero-order valence-corrected chi connectivity index (χ0v) is 22.1. The molecule has 2 N–H and O–H groups in total. The zero-order valence-electron chi connectivity index (χ0n) is 19.8. The molecule has 0 bridgehead atoms. The zero-order chi connectivity index (χ0) is 25.2. The predicted octanol–water partition coefficient (Wildman–Crippen LogP) is 4.34. The number of methoxy groups -OCH3 is 1. The average molecular weight is 565 g/mol. The average Bonchev–Trinajstić information content (AvgIpc) is 3.34. The molecule has 13 heteroatoms. The van der Waals surface area contributed by atoms with Gasteiger partial charge in [-0.2, -0.15) is 5.10 Å². The molecule has 0 aliphatic carbocycles. The molecule has 4 heterocycles. The van der Waals surface area contributed by atoms with Crippen molar-refractivity contribution in [3.8, 4) is 5.75 Å². The lowest BCUT2D eigenvalue weighted by Gasteiger charge is -2.32. The molecule has 1 amide bonds. The van der Waals surface area contributed by atoms with Gasteiger partial charge >= 0.3 is 0 Å². The van der Waals surface area contributed by atoms with Crippen LogP contribution in [0.1, 0.15) is 34.8 Å². The SMILES string of the molecule is COc1cncc(C(=O)N2CCC(n3ncc4nc(NCc5ccc(Cl)c(Cl)c5)[nH]c(=O)c43)CC2)c1.Cl. The lowest BCUT2D eigenvalue weighted by atomic mass is 10.0. The molecule has 0 saturated carbocycles. The minimum atomic E-state index is -0.282. The highest BCUT2D eigenvalue weighted by Gasteiger charge is 2.27. The number of carbonyl (C=O) groups is 1. The molecule has 5 rings (SSSR count). The van der Waals surface area contributed by atoms with Crippen molar-refractivity contribution in [2.75, 3.05) is 25.5 Å². The van der Waals surface area contributed by atoms with E-state index in [1.807, 2.05) is 6.07 Å². The number of amides is 1. The third-order valence-corrected chi connectivity index (χ3v) is 6.93. The van der Waals surface area contributed by atoms with Crippen molar-refractivity contribution < 1.29 is 9.53 Å². The molecule has 1 fully saturated rings. The van der Waals surface area contributed by atoms with Gasteiger partial charge in [0.15, 0.2) is 5.52 Å². The van der Waals surface area contributed by atoms with Crippen molar-refractivity contribution in [3.63, 3.8) is 0 Å². The number of fused-ring (bicyclic) bond motifs is 1. The highest BCUT2D eigenvalue weighted by atomic mass is 35.5. The fraction of sp³-hybridized carbons (Fsp3) is 0.292. The summed E-state index contributed by atoms with van der Waals surface area (Å²) in [6.45, 7) is 1.49. The van der Waals surface area contributed by atoms with E-state index in [9.17, 15) is 9.59 Å². The third kappa shape index (κ3) is 5.66. The maximum absolute atomic E-state index is 12.9. The number of hydrogen-bond donors (Lipinski definition) is 2. The van der Waals surface area contributed by atoms with Gasteiger partial charge in [-0.25, -0.2) is 4.98 Å². The van der Waals surface area contributed by atoms with E-state index in [4.69, 9.17) is 27.9 Å². The molecule has 3 aromatic heterocycles. The van der Waals surface area contributed by atoms with E-state index in [0.29, 0.717) is 70.8 Å². The van der Waals surface area contributed by atoms with Crippen LogP contribution in [0.3, 0.4) is 0 Å². The van der Waals surface area contributed by atoms with Gasteiger partial charge in [-0.1, -0.05) is 29.3 Å². The summed E-state index contributed by atoms with van der Waals surface area (Å²) in [5, 5.41) is 8.50. The number of nitrogens with zero attached hydrogens (tertiary/aromatic N) is 5. The fourth-order valence-electron chi connectivity index (χ4n) is 4.31. The van der Waals surface area contributed by atoms with Gasteiger partial charge in [0.2, 0.25) is 5.95 Å². The van der Waals surface area contributed by atoms with Crippen LogP contribution in [0.5, 0.6) is 5.75 Å². The molecule has 194 valence electrons. The van der Waals surface area contributed by atoms with E-state index in [2.05, 4.69) is 25.4 Å². The van der Waals surface area contributed by atoms with E-state index >= 15 is 0 Å². The number of anilines is 1. The largest absolute Gasteiger partial charge is 0.495 e. The minimum absolute atomic E-state index is 0. The Bertz CT molecular complexity index is 1480. The van der Waals surface area contributed by atoms with E-state index in [1.54, 1.807) is 40.2 Å². The van der Waals surface area contributed by atoms with Gasteiger partial charge in [-0.15, -0.1) is 12.4 Å². The molecule has 0 radical (unpaired) electrons. The van der Waals surface area contributed by atoms with E-state index in [1.165, 1.54) is 13.3 Å². The van der Waals surface area contributed by atoms with Crippen molar-refractivity contribution in [2.45, 2.75) is 25.4 Å². The van der Waals surface area contributed by atoms with Crippen LogP contribution >= 0.6 is 35.6 Å². The molecular weight excluding hydrogens is 541 g/mol. The molecule has 1 aliphatic rings. The standard InChI is InChI=1S/C24H23Cl2N7O3.ClH/c1-36-17-9-15(11-27-12-17)23(35)32-6-4-16(5-7-32)33-21-20(13-29-33)30-24(31-22(21)34)28-10-14-2-3-18(25)19(26)8-14;/h2-3,8-9,11-13,16H,4-7,10H2,1H3,(H2,28,30,31,34);1H. The first kappa shape index (κ1) is 26.7. The van der Waals surface area contributed by atoms with Gasteiger partial charge in [0, 0.05) is 25.8 Å². The summed E-state index contributed by atoms with van der Waals surface area (Å²) < 4.78 is 6.89. The highest BCUT2D eigenvalue weighted by molar-refractivity contribution is 6.42. The fourth-order valence-corrected chi connectivity index (χ4v) is 4.63. The molecule has 0 spiro atoms. The smallest absolute Gasteiger partial charge is 0.278 e. The van der Waals surface area contributed by atoms with Crippen LogP contribution < -0.4 is 15.6 Å². The first-order chi connectivity index (χ1) is 17.4. The lowest BCUT2D eigenvalue weighted by Crippen LogP contribution is -2.39. The maximum atomic E-state index is 12.9. The Morgan fingerprint density at radius 3 is 2.68 bits per heavy atom. The second-order valence-electron chi connectivity index (χ2n) is 8.48. The Kier molecular flexibility index (Phi) is 8.21. The lowest BCUT2D eigenvalue weighted by molar-refractivity contribution is 0.0691. The summed E-state index contributed by atoms with van der Waals surface area (Å²) in [5.41, 5.74) is 2.01. The van der Waals surface area contributed by atoms with Crippen molar-refractivity contribution in [1.29, 1.82) is 0 Å². The number of likely N-dealkylation sites (tertiary alicyclic amines) is 1. The summed E-state index contributed by atoms with van der Waals surface area (Å²) in [6.07, 6.45) is 6.02. The minimum Gasteiger partial charge on any atom is -0.495 e. The number of piperidine rings is 1. The second kappa shape index (κ2) is 11.4. The van der Waals surface area contributed by atoms with Gasteiger partial charge in [0.25, 0.3) is 11.5 Å². The second-order valence-corrected chi connectivity index (χ2v) is 9.29. The van der Waals surface area contributed by atoms with Crippen LogP contribution in [0.2, 0.25) is 10.0 Å². The number of rotatable bonds is 6. The van der Waals surface area contributed by atoms with Crippen LogP contribution in [0.4, 0.5) is 5.95 Å². The quantitative estimate of drug-likeness (QED) is 0.358. The van der Waals surface area contributed by atoms with Crippen molar-refractivity contribution in [3.05, 3.63) is 74.4 Å². The Morgan fingerprint density at radius 2 is 1.95 bits per heavy atom. The summed E-state index contributed by atoms with van der Waals surface area (Å²) in [5.74, 6) is 0.782. The summed E-state index contributed by atoms with van der Waals surface area (Å²) in [4.78, 5) is 39.0. The predicted molar refractivity (Wildman–Crippen MR) is 144 cm³/mol. The van der Waals surface area contributed by atoms with Gasteiger partial charge in [-0.3, -0.25) is 24.2 Å². The Balaban J connectivity index is 0.00000320. The number of H-pyrrole nitrogens is 1. The third-order valence-electron chi connectivity index (χ3n) is 6.19. The molecule has 37 heavy (non-hydrogen) atoms. The first-order valence-corrected chi connectivity index (χ1v) is 12.1. The Hall–Kier alpha value is -3.34. The van der Waals surface area contributed by atoms with Crippen molar-refractivity contribution >= 4 is 58.5 Å². The van der Waals surface area contributed by atoms with Crippen LogP contribution in [-0.4, -0.2) is 55.7 Å². The number of ether oxygens (including phenoxy) is 1. The topological polar surface area (TPSA) is 118 Å². The highest BCUT2D eigenvalue weighted by Crippen LogP contribution is 2.26. The number of aromatic amines is 1. The number of carbonyl (C=O) groups excluding carboxylic acids is 1. The van der Waals surface area contributed by atoms with Gasteiger partial charge in [0.1, 0.15) is 11.3 Å². The van der Waals surface area contributed by atoms with Crippen LogP contribution in [-0.2, 0) is 6.54 Å². The van der Waals surface area contributed by atoms with Crippen molar-refractivity contribution in [2.24, 2.45) is 0 Å². The van der Waals surface area contributed by atoms with Gasteiger partial charge in [-0.05, 0) is 36.6 Å². The number of aromatic nitrogens is 5. The number of halogens is 3. The van der Waals surface area contributed by atoms with E-state index < -0.39 is 0 Å². The van der Waals surface area contributed by atoms with E-state index in [-0.39, 0.29) is 29.9 Å². The van der Waals surface area contributed by atoms with Crippen LogP contribution in [0, 0.1) is 0 Å². The van der Waals surface area contributed by atoms with Gasteiger partial charge < -0.3 is 15.0 Å². The Labute approximate surface area is 228 Å². The van der Waals surface area contributed by atoms with Crippen LogP contribution in [0.15, 0.2) is 47.7 Å². The number of pyridine rings is 1. The summed E-state index contributed by atoms with van der Waals surface area (Å²) >= 11 is 12.0. The molecular formula is C24H24Cl3N7O3. The molecule has 1 aliphatic heterocycles. The molecule has 10 nitrogen and oxygen atoms in total. The molecule has 4 aromatic rings. The molecule has 0 atom stereocenters. The maximum Gasteiger partial charge on any atom is 0.278 e. The number of nitrogens with one attached hydrogen (secondary N) is 2. The molecule has 1 saturated heterocycles. The molecule has 1 aromatic carbocycles. The first-order valence-electron chi connectivity index (χ1n) is 11.4. The summed E-state index contributed by atoms with van der Waals surface area (Å²) in [7, 11) is 1.54. The van der Waals surface area contributed by atoms with Crippen molar-refractivity contribution in [1.82, 2.24) is 29.6 Å². The van der Waals surface area contributed by atoms with E-state index in [0.717, 1.165) is 5.56 Å². The normalized spacial score (nSPS) is 13.9. The number of benzene rings is 1. The molecule has 0 unspecified atom stereocenters. The monoisotopic (exact) mass is 563 g/mol. The van der Waals surface area contributed by atoms with Crippen LogP contribution in [0.25, 0.3) is 11.0 Å². The van der Waals surface area contributed by atoms with Gasteiger partial charge in [0.05, 0.1) is 41.2 Å². The number of hydrogen-bond acceptors (Lipinski definition) is 7. The Morgan fingerprint density at radius 1 is 1.16 bits per heavy atom.